The molecule has 1 heterocycles. The highest BCUT2D eigenvalue weighted by Crippen LogP contribution is 2.31. The molecule has 0 spiro atoms. The Morgan fingerprint density at radius 1 is 1.47 bits per heavy atom. The van der Waals surface area contributed by atoms with Gasteiger partial charge in [-0.25, -0.2) is 9.78 Å². The molecular formula is C14H21N3O2. The maximum absolute atomic E-state index is 11.5. The van der Waals surface area contributed by atoms with Crippen LogP contribution in [0.4, 0.5) is 5.82 Å². The van der Waals surface area contributed by atoms with Crippen LogP contribution in [0.1, 0.15) is 43.0 Å². The molecule has 2 rings (SSSR count). The number of hydrogen-bond acceptors (Lipinski definition) is 5. The summed E-state index contributed by atoms with van der Waals surface area (Å²) in [5, 5.41) is 3.41. The Bertz CT molecular complexity index is 425. The van der Waals surface area contributed by atoms with Gasteiger partial charge in [-0.15, -0.1) is 0 Å². The zero-order chi connectivity index (χ0) is 13.7. The predicted molar refractivity (Wildman–Crippen MR) is 74.1 cm³/mol. The summed E-state index contributed by atoms with van der Waals surface area (Å²) in [7, 11) is 0. The van der Waals surface area contributed by atoms with E-state index in [1.807, 2.05) is 6.07 Å². The smallest absolute Gasteiger partial charge is 0.339 e. The van der Waals surface area contributed by atoms with Gasteiger partial charge < -0.3 is 15.8 Å². The molecule has 0 aliphatic heterocycles. The summed E-state index contributed by atoms with van der Waals surface area (Å²) in [6, 6.07) is 3.54. The summed E-state index contributed by atoms with van der Waals surface area (Å²) in [5.41, 5.74) is 6.31. The minimum Gasteiger partial charge on any atom is -0.462 e. The summed E-state index contributed by atoms with van der Waals surface area (Å²) in [5.74, 6) is 0.427. The first-order chi connectivity index (χ1) is 9.19. The average Bonchev–Trinajstić information content (AvgIpc) is 2.89. The third kappa shape index (κ3) is 3.23. The topological polar surface area (TPSA) is 77.2 Å². The van der Waals surface area contributed by atoms with Crippen LogP contribution in [0.5, 0.6) is 0 Å². The van der Waals surface area contributed by atoms with Gasteiger partial charge in [0.1, 0.15) is 5.82 Å². The SMILES string of the molecule is CCOC(=O)c1ccc(NC2(CN)CCCC2)nc1. The normalized spacial score (nSPS) is 17.2. The number of anilines is 1. The Labute approximate surface area is 113 Å². The van der Waals surface area contributed by atoms with Crippen molar-refractivity contribution in [3.8, 4) is 0 Å². The monoisotopic (exact) mass is 263 g/mol. The van der Waals surface area contributed by atoms with Gasteiger partial charge >= 0.3 is 5.97 Å². The van der Waals surface area contributed by atoms with E-state index in [1.54, 1.807) is 19.2 Å². The van der Waals surface area contributed by atoms with E-state index in [4.69, 9.17) is 10.5 Å². The van der Waals surface area contributed by atoms with Crippen LogP contribution < -0.4 is 11.1 Å². The maximum Gasteiger partial charge on any atom is 0.339 e. The standard InChI is InChI=1S/C14H21N3O2/c1-2-19-13(18)11-5-6-12(16-9-11)17-14(10-15)7-3-4-8-14/h5-6,9H,2-4,7-8,10,15H2,1H3,(H,16,17). The fourth-order valence-electron chi connectivity index (χ4n) is 2.51. The Hall–Kier alpha value is -1.62. The molecule has 0 amide bonds. The van der Waals surface area contributed by atoms with Gasteiger partial charge in [-0.3, -0.25) is 0 Å². The molecule has 5 nitrogen and oxygen atoms in total. The van der Waals surface area contributed by atoms with Crippen LogP contribution in [0.15, 0.2) is 18.3 Å². The number of aromatic nitrogens is 1. The summed E-state index contributed by atoms with van der Waals surface area (Å²) in [6.45, 7) is 2.76. The van der Waals surface area contributed by atoms with Crippen molar-refractivity contribution < 1.29 is 9.53 Å². The van der Waals surface area contributed by atoms with E-state index in [9.17, 15) is 4.79 Å². The molecule has 1 aliphatic carbocycles. The number of rotatable bonds is 5. The first-order valence-corrected chi connectivity index (χ1v) is 6.80. The molecule has 0 bridgehead atoms. The predicted octanol–water partition coefficient (Wildman–Crippen LogP) is 1.94. The van der Waals surface area contributed by atoms with E-state index in [-0.39, 0.29) is 11.5 Å². The number of carbonyl (C=O) groups is 1. The second kappa shape index (κ2) is 6.02. The molecule has 0 atom stereocenters. The molecule has 0 aromatic carbocycles. The van der Waals surface area contributed by atoms with Gasteiger partial charge in [-0.05, 0) is 31.9 Å². The van der Waals surface area contributed by atoms with Crippen molar-refractivity contribution in [2.24, 2.45) is 5.73 Å². The fraction of sp³-hybridized carbons (Fsp3) is 0.571. The van der Waals surface area contributed by atoms with Gasteiger partial charge in [0.05, 0.1) is 17.7 Å². The summed E-state index contributed by atoms with van der Waals surface area (Å²) < 4.78 is 4.92. The molecule has 1 fully saturated rings. The van der Waals surface area contributed by atoms with E-state index in [0.29, 0.717) is 18.7 Å². The highest BCUT2D eigenvalue weighted by molar-refractivity contribution is 5.89. The molecule has 1 saturated carbocycles. The van der Waals surface area contributed by atoms with Gasteiger partial charge in [0.25, 0.3) is 0 Å². The fourth-order valence-corrected chi connectivity index (χ4v) is 2.51. The van der Waals surface area contributed by atoms with Gasteiger partial charge in [-0.1, -0.05) is 12.8 Å². The van der Waals surface area contributed by atoms with E-state index in [2.05, 4.69) is 10.3 Å². The van der Waals surface area contributed by atoms with Crippen molar-refractivity contribution in [3.63, 3.8) is 0 Å². The van der Waals surface area contributed by atoms with Crippen LogP contribution in [0, 0.1) is 0 Å². The van der Waals surface area contributed by atoms with Gasteiger partial charge in [0.2, 0.25) is 0 Å². The van der Waals surface area contributed by atoms with Crippen molar-refractivity contribution in [1.29, 1.82) is 0 Å². The number of hydrogen-bond donors (Lipinski definition) is 2. The molecule has 19 heavy (non-hydrogen) atoms. The number of pyridine rings is 1. The van der Waals surface area contributed by atoms with Crippen molar-refractivity contribution in [3.05, 3.63) is 23.9 Å². The Morgan fingerprint density at radius 2 is 2.21 bits per heavy atom. The molecule has 1 aliphatic rings. The number of nitrogens with two attached hydrogens (primary N) is 1. The van der Waals surface area contributed by atoms with Crippen LogP contribution in [0.3, 0.4) is 0 Å². The average molecular weight is 263 g/mol. The van der Waals surface area contributed by atoms with Gasteiger partial charge in [0.15, 0.2) is 0 Å². The van der Waals surface area contributed by atoms with Crippen molar-refractivity contribution >= 4 is 11.8 Å². The van der Waals surface area contributed by atoms with E-state index >= 15 is 0 Å². The number of esters is 1. The van der Waals surface area contributed by atoms with Crippen LogP contribution in [-0.2, 0) is 4.74 Å². The lowest BCUT2D eigenvalue weighted by Gasteiger charge is -2.29. The number of ether oxygens (including phenoxy) is 1. The lowest BCUT2D eigenvalue weighted by molar-refractivity contribution is 0.0526. The first-order valence-electron chi connectivity index (χ1n) is 6.80. The van der Waals surface area contributed by atoms with Gasteiger partial charge in [-0.2, -0.15) is 0 Å². The molecule has 1 aromatic heterocycles. The molecule has 1 aromatic rings. The number of nitrogens with zero attached hydrogens (tertiary/aromatic N) is 1. The number of carbonyl (C=O) groups excluding carboxylic acids is 1. The van der Waals surface area contributed by atoms with E-state index in [0.717, 1.165) is 18.7 Å². The molecule has 0 unspecified atom stereocenters. The second-order valence-corrected chi connectivity index (χ2v) is 4.97. The molecule has 0 radical (unpaired) electrons. The van der Waals surface area contributed by atoms with Crippen LogP contribution in [0.2, 0.25) is 0 Å². The third-order valence-electron chi connectivity index (χ3n) is 3.62. The Morgan fingerprint density at radius 3 is 2.74 bits per heavy atom. The summed E-state index contributed by atoms with van der Waals surface area (Å²) >= 11 is 0. The second-order valence-electron chi connectivity index (χ2n) is 4.97. The minimum atomic E-state index is -0.337. The molecular weight excluding hydrogens is 242 g/mol. The van der Waals surface area contributed by atoms with Gasteiger partial charge in [0, 0.05) is 12.7 Å². The molecule has 104 valence electrons. The van der Waals surface area contributed by atoms with Crippen LogP contribution in [-0.4, -0.2) is 29.6 Å². The third-order valence-corrected chi connectivity index (χ3v) is 3.62. The molecule has 5 heteroatoms. The summed E-state index contributed by atoms with van der Waals surface area (Å²) in [6.07, 6.45) is 6.09. The zero-order valence-electron chi connectivity index (χ0n) is 11.3. The highest BCUT2D eigenvalue weighted by atomic mass is 16.5. The van der Waals surface area contributed by atoms with Crippen LogP contribution in [0.25, 0.3) is 0 Å². The summed E-state index contributed by atoms with van der Waals surface area (Å²) in [4.78, 5) is 15.8. The highest BCUT2D eigenvalue weighted by Gasteiger charge is 2.32. The molecule has 0 saturated heterocycles. The quantitative estimate of drug-likeness (QED) is 0.794. The van der Waals surface area contributed by atoms with Crippen LogP contribution >= 0.6 is 0 Å². The maximum atomic E-state index is 11.5. The van der Waals surface area contributed by atoms with Crippen molar-refractivity contribution in [1.82, 2.24) is 4.98 Å². The number of nitrogens with one attached hydrogen (secondary N) is 1. The lowest BCUT2D eigenvalue weighted by atomic mass is 9.98. The largest absolute Gasteiger partial charge is 0.462 e. The zero-order valence-corrected chi connectivity index (χ0v) is 11.3. The first kappa shape index (κ1) is 13.8. The van der Waals surface area contributed by atoms with Crippen molar-refractivity contribution in [2.75, 3.05) is 18.5 Å². The van der Waals surface area contributed by atoms with E-state index in [1.165, 1.54) is 12.8 Å². The van der Waals surface area contributed by atoms with E-state index < -0.39 is 0 Å². The Balaban J connectivity index is 2.04. The van der Waals surface area contributed by atoms with Crippen molar-refractivity contribution in [2.45, 2.75) is 38.1 Å². The lowest BCUT2D eigenvalue weighted by Crippen LogP contribution is -2.43. The molecule has 3 N–H and O–H groups in total. The Kier molecular flexibility index (Phi) is 4.37. The minimum absolute atomic E-state index is 0.0293.